The van der Waals surface area contributed by atoms with Crippen molar-refractivity contribution in [3.8, 4) is 0 Å². The minimum Gasteiger partial charge on any atom is -0.212 e. The molecule has 2 heterocycles. The SMILES string of the molecule is CCCc1cc(Cl)n2nc(CC(C)(C)C)nc2c1. The lowest BCUT2D eigenvalue weighted by Gasteiger charge is -2.14. The van der Waals surface area contributed by atoms with E-state index in [4.69, 9.17) is 11.6 Å². The predicted octanol–water partition coefficient (Wildman–Crippen LogP) is 3.92. The number of aromatic nitrogens is 3. The van der Waals surface area contributed by atoms with Crippen molar-refractivity contribution in [1.29, 1.82) is 0 Å². The Labute approximate surface area is 113 Å². The van der Waals surface area contributed by atoms with Crippen LogP contribution in [0.25, 0.3) is 5.65 Å². The van der Waals surface area contributed by atoms with Gasteiger partial charge in [-0.15, -0.1) is 5.10 Å². The van der Waals surface area contributed by atoms with Crippen molar-refractivity contribution < 1.29 is 0 Å². The van der Waals surface area contributed by atoms with Crippen LogP contribution in [0.1, 0.15) is 45.5 Å². The predicted molar refractivity (Wildman–Crippen MR) is 75.2 cm³/mol. The van der Waals surface area contributed by atoms with E-state index in [1.165, 1.54) is 5.56 Å². The third-order valence-corrected chi connectivity index (χ3v) is 2.99. The van der Waals surface area contributed by atoms with Crippen LogP contribution in [-0.4, -0.2) is 14.6 Å². The van der Waals surface area contributed by atoms with Crippen LogP contribution in [0.4, 0.5) is 0 Å². The number of hydrogen-bond acceptors (Lipinski definition) is 2. The van der Waals surface area contributed by atoms with Gasteiger partial charge in [-0.3, -0.25) is 0 Å². The first-order chi connectivity index (χ1) is 8.39. The minimum atomic E-state index is 0.184. The first-order valence-corrected chi connectivity index (χ1v) is 6.81. The van der Waals surface area contributed by atoms with Crippen molar-refractivity contribution in [1.82, 2.24) is 14.6 Å². The zero-order valence-electron chi connectivity index (χ0n) is 11.5. The lowest BCUT2D eigenvalue weighted by Crippen LogP contribution is -2.10. The molecule has 2 rings (SSSR count). The number of hydrogen-bond donors (Lipinski definition) is 0. The molecular formula is C14H20ClN3. The lowest BCUT2D eigenvalue weighted by atomic mass is 9.92. The van der Waals surface area contributed by atoms with E-state index in [1.807, 2.05) is 6.07 Å². The van der Waals surface area contributed by atoms with Gasteiger partial charge in [0.2, 0.25) is 0 Å². The molecule has 0 bridgehead atoms. The van der Waals surface area contributed by atoms with Crippen LogP contribution < -0.4 is 0 Å². The topological polar surface area (TPSA) is 30.2 Å². The van der Waals surface area contributed by atoms with Crippen molar-refractivity contribution >= 4 is 17.2 Å². The maximum absolute atomic E-state index is 6.24. The fourth-order valence-electron chi connectivity index (χ4n) is 2.02. The molecule has 0 saturated heterocycles. The standard InChI is InChI=1S/C14H20ClN3/c1-5-6-10-7-11(15)18-13(8-10)16-12(17-18)9-14(2,3)4/h7-8H,5-6,9H2,1-4H3. The van der Waals surface area contributed by atoms with Crippen molar-refractivity contribution in [3.63, 3.8) is 0 Å². The van der Waals surface area contributed by atoms with E-state index >= 15 is 0 Å². The number of pyridine rings is 1. The van der Waals surface area contributed by atoms with E-state index in [-0.39, 0.29) is 5.41 Å². The highest BCUT2D eigenvalue weighted by Gasteiger charge is 2.16. The molecule has 0 unspecified atom stereocenters. The number of fused-ring (bicyclic) bond motifs is 1. The number of aryl methyl sites for hydroxylation is 1. The maximum Gasteiger partial charge on any atom is 0.157 e. The summed E-state index contributed by atoms with van der Waals surface area (Å²) < 4.78 is 1.72. The quantitative estimate of drug-likeness (QED) is 0.788. The summed E-state index contributed by atoms with van der Waals surface area (Å²) in [6.45, 7) is 8.71. The second kappa shape index (κ2) is 4.88. The third-order valence-electron chi connectivity index (χ3n) is 2.72. The Bertz CT molecular complexity index is 552. The number of halogens is 1. The van der Waals surface area contributed by atoms with Gasteiger partial charge in [-0.05, 0) is 29.5 Å². The van der Waals surface area contributed by atoms with Gasteiger partial charge >= 0.3 is 0 Å². The summed E-state index contributed by atoms with van der Waals surface area (Å²) in [4.78, 5) is 4.57. The summed E-state index contributed by atoms with van der Waals surface area (Å²) >= 11 is 6.24. The normalized spacial score (nSPS) is 12.3. The van der Waals surface area contributed by atoms with Gasteiger partial charge in [0, 0.05) is 6.42 Å². The van der Waals surface area contributed by atoms with E-state index in [1.54, 1.807) is 4.52 Å². The molecule has 0 aliphatic heterocycles. The molecular weight excluding hydrogens is 246 g/mol. The molecule has 0 fully saturated rings. The van der Waals surface area contributed by atoms with Gasteiger partial charge in [-0.25, -0.2) is 9.50 Å². The van der Waals surface area contributed by atoms with Gasteiger partial charge in [-0.2, -0.15) is 0 Å². The van der Waals surface area contributed by atoms with Crippen molar-refractivity contribution in [3.05, 3.63) is 28.7 Å². The van der Waals surface area contributed by atoms with E-state index < -0.39 is 0 Å². The van der Waals surface area contributed by atoms with Gasteiger partial charge in [0.1, 0.15) is 5.15 Å². The molecule has 0 aliphatic carbocycles. The molecule has 0 atom stereocenters. The van der Waals surface area contributed by atoms with Crippen LogP contribution in [-0.2, 0) is 12.8 Å². The first-order valence-electron chi connectivity index (χ1n) is 6.43. The highest BCUT2D eigenvalue weighted by Crippen LogP contribution is 2.21. The van der Waals surface area contributed by atoms with Gasteiger partial charge in [-0.1, -0.05) is 45.7 Å². The second-order valence-electron chi connectivity index (χ2n) is 5.97. The van der Waals surface area contributed by atoms with Gasteiger partial charge in [0.25, 0.3) is 0 Å². The Morgan fingerprint density at radius 3 is 2.61 bits per heavy atom. The van der Waals surface area contributed by atoms with Crippen molar-refractivity contribution in [2.75, 3.05) is 0 Å². The Kier molecular flexibility index (Phi) is 3.62. The lowest BCUT2D eigenvalue weighted by molar-refractivity contribution is 0.401. The molecule has 0 spiro atoms. The van der Waals surface area contributed by atoms with Crippen LogP contribution in [0.15, 0.2) is 12.1 Å². The highest BCUT2D eigenvalue weighted by molar-refractivity contribution is 6.29. The van der Waals surface area contributed by atoms with Gasteiger partial charge < -0.3 is 0 Å². The largest absolute Gasteiger partial charge is 0.212 e. The molecule has 0 aromatic carbocycles. The molecule has 0 aliphatic rings. The zero-order chi connectivity index (χ0) is 13.3. The molecule has 98 valence electrons. The summed E-state index contributed by atoms with van der Waals surface area (Å²) in [7, 11) is 0. The molecule has 2 aromatic rings. The average Bonchev–Trinajstić information content (AvgIpc) is 2.58. The van der Waals surface area contributed by atoms with Crippen LogP contribution in [0, 0.1) is 5.41 Å². The van der Waals surface area contributed by atoms with E-state index in [2.05, 4.69) is 43.8 Å². The summed E-state index contributed by atoms with van der Waals surface area (Å²) in [6, 6.07) is 4.06. The fourth-order valence-corrected chi connectivity index (χ4v) is 2.29. The molecule has 3 nitrogen and oxygen atoms in total. The van der Waals surface area contributed by atoms with E-state index in [0.29, 0.717) is 5.15 Å². The Balaban J connectivity index is 2.41. The first kappa shape index (κ1) is 13.3. The molecule has 2 aromatic heterocycles. The minimum absolute atomic E-state index is 0.184. The smallest absolute Gasteiger partial charge is 0.157 e. The zero-order valence-corrected chi connectivity index (χ0v) is 12.3. The monoisotopic (exact) mass is 265 g/mol. The fraction of sp³-hybridized carbons (Fsp3) is 0.571. The van der Waals surface area contributed by atoms with Crippen LogP contribution in [0.2, 0.25) is 5.15 Å². The van der Waals surface area contributed by atoms with Gasteiger partial charge in [0.05, 0.1) is 0 Å². The third kappa shape index (κ3) is 3.02. The molecule has 0 radical (unpaired) electrons. The Morgan fingerprint density at radius 2 is 2.00 bits per heavy atom. The number of nitrogens with zero attached hydrogens (tertiary/aromatic N) is 3. The molecule has 18 heavy (non-hydrogen) atoms. The molecule has 0 N–H and O–H groups in total. The van der Waals surface area contributed by atoms with Gasteiger partial charge in [0.15, 0.2) is 11.5 Å². The van der Waals surface area contributed by atoms with Crippen molar-refractivity contribution in [2.45, 2.75) is 47.0 Å². The van der Waals surface area contributed by atoms with E-state index in [0.717, 1.165) is 30.7 Å². The van der Waals surface area contributed by atoms with Crippen LogP contribution >= 0.6 is 11.6 Å². The Hall–Kier alpha value is -1.09. The summed E-state index contributed by atoms with van der Waals surface area (Å²) in [5.41, 5.74) is 2.26. The van der Waals surface area contributed by atoms with Crippen molar-refractivity contribution in [2.24, 2.45) is 5.41 Å². The summed E-state index contributed by atoms with van der Waals surface area (Å²) in [5.74, 6) is 0.859. The maximum atomic E-state index is 6.24. The highest BCUT2D eigenvalue weighted by atomic mass is 35.5. The van der Waals surface area contributed by atoms with Crippen LogP contribution in [0.3, 0.4) is 0 Å². The summed E-state index contributed by atoms with van der Waals surface area (Å²) in [6.07, 6.45) is 2.99. The molecule has 0 amide bonds. The Morgan fingerprint density at radius 1 is 1.28 bits per heavy atom. The molecule has 0 saturated carbocycles. The second-order valence-corrected chi connectivity index (χ2v) is 6.36. The van der Waals surface area contributed by atoms with E-state index in [9.17, 15) is 0 Å². The number of rotatable bonds is 3. The summed E-state index contributed by atoms with van der Waals surface area (Å²) in [5, 5.41) is 5.11. The average molecular weight is 266 g/mol. The molecule has 4 heteroatoms. The van der Waals surface area contributed by atoms with Crippen LogP contribution in [0.5, 0.6) is 0 Å².